The summed E-state index contributed by atoms with van der Waals surface area (Å²) < 4.78 is 33.6. The van der Waals surface area contributed by atoms with Crippen LogP contribution in [0.4, 0.5) is 5.69 Å². The van der Waals surface area contributed by atoms with Crippen LogP contribution in [0.5, 0.6) is 5.75 Å². The Bertz CT molecular complexity index is 1530. The van der Waals surface area contributed by atoms with Crippen molar-refractivity contribution in [1.29, 1.82) is 0 Å². The standard InChI is InChI=1S/C25H20BrClN4O4S/c1-35-21-12-7-17-13-18(25(27)29-23(17)14-21)15-28-30-24(32)16-31(20-10-8-19(26)9-11-20)36(33,34)22-5-3-2-4-6-22/h2-15H,16H2,1H3,(H,30,32)/b28-15-. The monoisotopic (exact) mass is 586 g/mol. The van der Waals surface area contributed by atoms with Crippen molar-refractivity contribution in [3.63, 3.8) is 0 Å². The van der Waals surface area contributed by atoms with Crippen LogP contribution in [0, 0.1) is 0 Å². The minimum Gasteiger partial charge on any atom is -0.497 e. The maximum Gasteiger partial charge on any atom is 0.264 e. The Hall–Kier alpha value is -3.47. The van der Waals surface area contributed by atoms with Gasteiger partial charge in [0.15, 0.2) is 0 Å². The molecule has 4 aromatic rings. The Balaban J connectivity index is 1.54. The van der Waals surface area contributed by atoms with Crippen LogP contribution in [0.15, 0.2) is 93.3 Å². The lowest BCUT2D eigenvalue weighted by Crippen LogP contribution is -2.39. The summed E-state index contributed by atoms with van der Waals surface area (Å²) in [6.07, 6.45) is 1.35. The minimum absolute atomic E-state index is 0.0647. The van der Waals surface area contributed by atoms with Crippen LogP contribution in [-0.4, -0.2) is 39.2 Å². The normalized spacial score (nSPS) is 11.5. The second-order valence-corrected chi connectivity index (χ2v) is 10.7. The smallest absolute Gasteiger partial charge is 0.264 e. The van der Waals surface area contributed by atoms with E-state index in [0.29, 0.717) is 22.5 Å². The van der Waals surface area contributed by atoms with Crippen LogP contribution in [0.2, 0.25) is 5.15 Å². The number of amides is 1. The van der Waals surface area contributed by atoms with Gasteiger partial charge in [-0.25, -0.2) is 18.8 Å². The molecule has 0 aliphatic heterocycles. The lowest BCUT2D eigenvalue weighted by Gasteiger charge is -2.23. The molecule has 0 radical (unpaired) electrons. The number of methoxy groups -OCH3 is 1. The second-order valence-electron chi connectivity index (χ2n) is 7.52. The zero-order valence-corrected chi connectivity index (χ0v) is 22.1. The maximum atomic E-state index is 13.3. The third-order valence-corrected chi connectivity index (χ3v) is 7.75. The quantitative estimate of drug-likeness (QED) is 0.178. The zero-order valence-electron chi connectivity index (χ0n) is 18.9. The summed E-state index contributed by atoms with van der Waals surface area (Å²) in [6, 6.07) is 21.7. The second kappa shape index (κ2) is 11.1. The molecule has 1 amide bonds. The zero-order chi connectivity index (χ0) is 25.7. The van der Waals surface area contributed by atoms with Crippen molar-refractivity contribution in [2.24, 2.45) is 5.10 Å². The molecule has 0 fully saturated rings. The van der Waals surface area contributed by atoms with Gasteiger partial charge >= 0.3 is 0 Å². The highest BCUT2D eigenvalue weighted by Gasteiger charge is 2.27. The molecule has 0 bridgehead atoms. The molecule has 0 spiro atoms. The number of benzene rings is 3. The van der Waals surface area contributed by atoms with Gasteiger partial charge in [0.25, 0.3) is 15.9 Å². The Labute approximate surface area is 221 Å². The van der Waals surface area contributed by atoms with Crippen LogP contribution in [0.25, 0.3) is 10.9 Å². The molecule has 0 aliphatic carbocycles. The number of fused-ring (bicyclic) bond motifs is 1. The third-order valence-electron chi connectivity index (χ3n) is 5.13. The highest BCUT2D eigenvalue weighted by Crippen LogP contribution is 2.26. The fourth-order valence-corrected chi connectivity index (χ4v) is 5.24. The number of hydrogen-bond donors (Lipinski definition) is 1. The largest absolute Gasteiger partial charge is 0.497 e. The molecule has 0 saturated carbocycles. The molecule has 1 heterocycles. The van der Waals surface area contributed by atoms with Crippen molar-refractivity contribution >= 4 is 66.3 Å². The molecule has 8 nitrogen and oxygen atoms in total. The highest BCUT2D eigenvalue weighted by molar-refractivity contribution is 9.10. The number of hydrazone groups is 1. The van der Waals surface area contributed by atoms with Gasteiger partial charge in [-0.3, -0.25) is 9.10 Å². The first-order valence-electron chi connectivity index (χ1n) is 10.6. The lowest BCUT2D eigenvalue weighted by molar-refractivity contribution is -0.119. The first-order chi connectivity index (χ1) is 17.3. The molecule has 1 aromatic heterocycles. The van der Waals surface area contributed by atoms with Gasteiger partial charge in [-0.15, -0.1) is 0 Å². The summed E-state index contributed by atoms with van der Waals surface area (Å²) in [7, 11) is -2.45. The molecule has 184 valence electrons. The Morgan fingerprint density at radius 1 is 1.11 bits per heavy atom. The van der Waals surface area contributed by atoms with Crippen LogP contribution in [-0.2, 0) is 14.8 Å². The van der Waals surface area contributed by atoms with Crippen molar-refractivity contribution < 1.29 is 17.9 Å². The number of halogens is 2. The molecule has 3 aromatic carbocycles. The molecule has 0 atom stereocenters. The van der Waals surface area contributed by atoms with Crippen LogP contribution >= 0.6 is 27.5 Å². The van der Waals surface area contributed by atoms with Crippen molar-refractivity contribution in [3.05, 3.63) is 94.1 Å². The Kier molecular flexibility index (Phi) is 7.88. The number of hydrogen-bond acceptors (Lipinski definition) is 6. The first-order valence-corrected chi connectivity index (χ1v) is 13.2. The number of aromatic nitrogens is 1. The summed E-state index contributed by atoms with van der Waals surface area (Å²) in [5, 5.41) is 4.96. The molecular weight excluding hydrogens is 568 g/mol. The SMILES string of the molecule is COc1ccc2cc(/C=N\NC(=O)CN(c3ccc(Br)cc3)S(=O)(=O)c3ccccc3)c(Cl)nc2c1. The number of anilines is 1. The van der Waals surface area contributed by atoms with Gasteiger partial charge in [-0.1, -0.05) is 45.7 Å². The Morgan fingerprint density at radius 2 is 1.83 bits per heavy atom. The van der Waals surface area contributed by atoms with Crippen LogP contribution in [0.1, 0.15) is 5.56 Å². The summed E-state index contributed by atoms with van der Waals surface area (Å²) >= 11 is 9.61. The summed E-state index contributed by atoms with van der Waals surface area (Å²) in [6.45, 7) is -0.486. The fraction of sp³-hybridized carbons (Fsp3) is 0.0800. The van der Waals surface area contributed by atoms with Gasteiger partial charge in [0.05, 0.1) is 29.4 Å². The minimum atomic E-state index is -4.01. The van der Waals surface area contributed by atoms with E-state index in [1.165, 1.54) is 18.3 Å². The summed E-state index contributed by atoms with van der Waals surface area (Å²) in [5.41, 5.74) is 3.83. The number of sulfonamides is 1. The third kappa shape index (κ3) is 5.84. The Morgan fingerprint density at radius 3 is 2.53 bits per heavy atom. The van der Waals surface area contributed by atoms with Gasteiger partial charge in [-0.05, 0) is 54.6 Å². The molecule has 0 aliphatic rings. The molecule has 0 unspecified atom stereocenters. The van der Waals surface area contributed by atoms with Crippen LogP contribution in [0.3, 0.4) is 0 Å². The average molecular weight is 588 g/mol. The molecule has 4 rings (SSSR count). The van der Waals surface area contributed by atoms with Gasteiger partial charge in [0, 0.05) is 21.5 Å². The number of nitrogens with one attached hydrogen (secondary N) is 1. The topological polar surface area (TPSA) is 101 Å². The van der Waals surface area contributed by atoms with E-state index in [1.807, 2.05) is 6.07 Å². The van der Waals surface area contributed by atoms with E-state index in [2.05, 4.69) is 31.4 Å². The number of ether oxygens (including phenoxy) is 1. The van der Waals surface area contributed by atoms with Crippen molar-refractivity contribution in [1.82, 2.24) is 10.4 Å². The number of nitrogens with zero attached hydrogens (tertiary/aromatic N) is 3. The molecular formula is C25H20BrClN4O4S. The lowest BCUT2D eigenvalue weighted by atomic mass is 10.1. The predicted octanol–water partition coefficient (Wildman–Crippen LogP) is 5.00. The van der Waals surface area contributed by atoms with Gasteiger partial charge in [0.1, 0.15) is 17.4 Å². The fourth-order valence-electron chi connectivity index (χ4n) is 3.34. The number of rotatable bonds is 8. The number of pyridine rings is 1. The molecule has 11 heteroatoms. The van der Waals surface area contributed by atoms with E-state index in [0.717, 1.165) is 14.2 Å². The summed E-state index contributed by atoms with van der Waals surface area (Å²) in [5.74, 6) is 0.0174. The van der Waals surface area contributed by atoms with E-state index in [9.17, 15) is 13.2 Å². The van der Waals surface area contributed by atoms with Crippen LogP contribution < -0.4 is 14.5 Å². The molecule has 36 heavy (non-hydrogen) atoms. The van der Waals surface area contributed by atoms with Gasteiger partial charge in [0.2, 0.25) is 0 Å². The van der Waals surface area contributed by atoms with Crippen molar-refractivity contribution in [2.75, 3.05) is 18.0 Å². The van der Waals surface area contributed by atoms with Gasteiger partial charge in [-0.2, -0.15) is 5.10 Å². The van der Waals surface area contributed by atoms with Crippen molar-refractivity contribution in [2.45, 2.75) is 4.90 Å². The average Bonchev–Trinajstić information content (AvgIpc) is 2.88. The van der Waals surface area contributed by atoms with Gasteiger partial charge < -0.3 is 4.74 Å². The number of carbonyl (C=O) groups is 1. The van der Waals surface area contributed by atoms with E-state index < -0.39 is 22.5 Å². The summed E-state index contributed by atoms with van der Waals surface area (Å²) in [4.78, 5) is 17.1. The maximum absolute atomic E-state index is 13.3. The number of carbonyl (C=O) groups excluding carboxylic acids is 1. The highest BCUT2D eigenvalue weighted by atomic mass is 79.9. The first kappa shape index (κ1) is 25.6. The predicted molar refractivity (Wildman–Crippen MR) is 144 cm³/mol. The van der Waals surface area contributed by atoms with E-state index in [4.69, 9.17) is 16.3 Å². The molecule has 0 saturated heterocycles. The van der Waals surface area contributed by atoms with E-state index >= 15 is 0 Å². The van der Waals surface area contributed by atoms with E-state index in [1.54, 1.807) is 67.8 Å². The van der Waals surface area contributed by atoms with E-state index in [-0.39, 0.29) is 10.0 Å². The van der Waals surface area contributed by atoms with Crippen molar-refractivity contribution in [3.8, 4) is 5.75 Å². The molecule has 1 N–H and O–H groups in total.